The number of hydrogen-bond donors (Lipinski definition) is 1. The van der Waals surface area contributed by atoms with Crippen LogP contribution >= 0.6 is 23.2 Å². The Hall–Kier alpha value is -3.78. The van der Waals surface area contributed by atoms with Crippen LogP contribution < -0.4 is 14.8 Å². The molecule has 1 amide bonds. The van der Waals surface area contributed by atoms with Gasteiger partial charge in [0.05, 0.1) is 51.8 Å². The number of pyridine rings is 1. The average Bonchev–Trinajstić information content (AvgIpc) is 2.93. The summed E-state index contributed by atoms with van der Waals surface area (Å²) < 4.78 is 11.3. The predicted molar refractivity (Wildman–Crippen MR) is 150 cm³/mol. The number of carbonyl (C=O) groups is 1. The number of ether oxygens (including phenoxy) is 2. The molecule has 1 fully saturated rings. The van der Waals surface area contributed by atoms with Crippen molar-refractivity contribution >= 4 is 51.4 Å². The van der Waals surface area contributed by atoms with Gasteiger partial charge in [0.2, 0.25) is 0 Å². The van der Waals surface area contributed by atoms with Crippen molar-refractivity contribution in [3.05, 3.63) is 62.1 Å². The Morgan fingerprint density at radius 2 is 1.97 bits per heavy atom. The van der Waals surface area contributed by atoms with Gasteiger partial charge in [-0.1, -0.05) is 23.2 Å². The summed E-state index contributed by atoms with van der Waals surface area (Å²) >= 11 is 12.6. The van der Waals surface area contributed by atoms with Crippen molar-refractivity contribution in [2.45, 2.75) is 6.42 Å². The van der Waals surface area contributed by atoms with E-state index in [0.29, 0.717) is 44.7 Å². The van der Waals surface area contributed by atoms with Gasteiger partial charge in [-0.3, -0.25) is 9.78 Å². The van der Waals surface area contributed by atoms with E-state index in [1.54, 1.807) is 12.1 Å². The van der Waals surface area contributed by atoms with Crippen LogP contribution in [0.5, 0.6) is 11.5 Å². The Morgan fingerprint density at radius 3 is 2.67 bits per heavy atom. The smallest absolute Gasteiger partial charge is 0.252 e. The molecule has 4 rings (SSSR count). The van der Waals surface area contributed by atoms with Gasteiger partial charge in [-0.05, 0) is 36.2 Å². The molecule has 1 aliphatic rings. The van der Waals surface area contributed by atoms with Crippen molar-refractivity contribution in [2.75, 3.05) is 58.8 Å². The molecule has 0 unspecified atom stereocenters. The zero-order valence-electron chi connectivity index (χ0n) is 21.4. The molecule has 1 saturated heterocycles. The number of halogens is 2. The SMILES string of the molecule is COc1cc(Nc2c(C#N)cnc3cc(OCCCN4CCN(C)CC4)c(C(=O)N=[N+]=[N-])cc23)c(Cl)cc1Cl. The number of fused-ring (bicyclic) bond motifs is 1. The fourth-order valence-electron chi connectivity index (χ4n) is 4.28. The van der Waals surface area contributed by atoms with Crippen LogP contribution in [0.4, 0.5) is 11.4 Å². The third kappa shape index (κ3) is 6.63. The number of carbonyl (C=O) groups excluding carboxylic acids is 1. The maximum absolute atomic E-state index is 12.7. The van der Waals surface area contributed by atoms with Crippen molar-refractivity contribution in [2.24, 2.45) is 5.11 Å². The quantitative estimate of drug-likeness (QED) is 0.151. The summed E-state index contributed by atoms with van der Waals surface area (Å²) in [7, 11) is 3.58. The number of likely N-dealkylation sites (N-methyl/N-ethyl adjacent to an activating group) is 1. The highest BCUT2D eigenvalue weighted by Gasteiger charge is 2.19. The molecule has 0 bridgehead atoms. The normalized spacial score (nSPS) is 13.9. The number of rotatable bonds is 9. The number of hydrogen-bond acceptors (Lipinski definition) is 8. The minimum Gasteiger partial charge on any atom is -0.495 e. The van der Waals surface area contributed by atoms with E-state index in [1.807, 2.05) is 0 Å². The van der Waals surface area contributed by atoms with Crippen LogP contribution in [0.2, 0.25) is 10.0 Å². The molecule has 0 spiro atoms. The van der Waals surface area contributed by atoms with Crippen LogP contribution in [0.1, 0.15) is 22.3 Å². The Labute approximate surface area is 235 Å². The Balaban J connectivity index is 1.67. The van der Waals surface area contributed by atoms with Gasteiger partial charge in [0.15, 0.2) is 0 Å². The van der Waals surface area contributed by atoms with Gasteiger partial charge in [-0.2, -0.15) is 5.26 Å². The van der Waals surface area contributed by atoms with E-state index in [1.165, 1.54) is 25.4 Å². The maximum atomic E-state index is 12.7. The second-order valence-electron chi connectivity index (χ2n) is 8.96. The van der Waals surface area contributed by atoms with Crippen molar-refractivity contribution in [3.8, 4) is 17.6 Å². The molecule has 0 atom stereocenters. The fraction of sp³-hybridized carbons (Fsp3) is 0.346. The van der Waals surface area contributed by atoms with Crippen molar-refractivity contribution in [3.63, 3.8) is 0 Å². The molecular formula is C26H26Cl2N8O3. The summed E-state index contributed by atoms with van der Waals surface area (Å²) in [6.45, 7) is 5.27. The van der Waals surface area contributed by atoms with Crippen LogP contribution in [0.25, 0.3) is 21.3 Å². The first-order chi connectivity index (χ1) is 18.8. The van der Waals surface area contributed by atoms with Crippen LogP contribution in [0.15, 0.2) is 35.6 Å². The molecule has 1 aromatic heterocycles. The molecule has 3 aromatic rings. The largest absolute Gasteiger partial charge is 0.495 e. The highest BCUT2D eigenvalue weighted by molar-refractivity contribution is 6.37. The number of azide groups is 1. The Kier molecular flexibility index (Phi) is 9.30. The van der Waals surface area contributed by atoms with E-state index in [-0.39, 0.29) is 16.9 Å². The molecule has 1 aliphatic heterocycles. The molecule has 39 heavy (non-hydrogen) atoms. The van der Waals surface area contributed by atoms with Gasteiger partial charge in [0, 0.05) is 61.4 Å². The average molecular weight is 569 g/mol. The molecule has 0 aliphatic carbocycles. The second kappa shape index (κ2) is 12.8. The molecule has 1 N–H and O–H groups in total. The Morgan fingerprint density at radius 1 is 1.21 bits per heavy atom. The van der Waals surface area contributed by atoms with E-state index in [0.717, 1.165) is 39.1 Å². The van der Waals surface area contributed by atoms with Gasteiger partial charge >= 0.3 is 0 Å². The lowest BCUT2D eigenvalue weighted by Gasteiger charge is -2.32. The first-order valence-electron chi connectivity index (χ1n) is 12.1. The summed E-state index contributed by atoms with van der Waals surface area (Å²) in [6.07, 6.45) is 2.17. The number of piperazine rings is 1. The van der Waals surface area contributed by atoms with Crippen LogP contribution in [-0.2, 0) is 0 Å². The second-order valence-corrected chi connectivity index (χ2v) is 9.77. The van der Waals surface area contributed by atoms with Crippen molar-refractivity contribution in [1.82, 2.24) is 14.8 Å². The van der Waals surface area contributed by atoms with Crippen molar-refractivity contribution in [1.29, 1.82) is 5.26 Å². The van der Waals surface area contributed by atoms with Gasteiger partial charge < -0.3 is 24.6 Å². The lowest BCUT2D eigenvalue weighted by atomic mass is 10.0. The number of benzene rings is 2. The minimum atomic E-state index is -0.812. The Bertz CT molecular complexity index is 1480. The first-order valence-corrected chi connectivity index (χ1v) is 12.9. The molecule has 202 valence electrons. The fourth-order valence-corrected chi connectivity index (χ4v) is 4.79. The number of nitrogens with zero attached hydrogens (tertiary/aromatic N) is 7. The molecule has 2 aromatic carbocycles. The van der Waals surface area contributed by atoms with Gasteiger partial charge in [-0.25, -0.2) is 0 Å². The van der Waals surface area contributed by atoms with Gasteiger partial charge in [-0.15, -0.1) is 0 Å². The van der Waals surface area contributed by atoms with E-state index in [9.17, 15) is 10.1 Å². The molecule has 2 heterocycles. The van der Waals surface area contributed by atoms with Crippen LogP contribution in [0.3, 0.4) is 0 Å². The third-order valence-electron chi connectivity index (χ3n) is 6.43. The zero-order chi connectivity index (χ0) is 27.9. The van der Waals surface area contributed by atoms with Gasteiger partial charge in [0.1, 0.15) is 17.6 Å². The molecular weight excluding hydrogens is 543 g/mol. The van der Waals surface area contributed by atoms with E-state index < -0.39 is 5.91 Å². The monoisotopic (exact) mass is 568 g/mol. The molecule has 13 heteroatoms. The molecule has 0 radical (unpaired) electrons. The van der Waals surface area contributed by atoms with Crippen LogP contribution in [-0.4, -0.2) is 74.2 Å². The molecule has 11 nitrogen and oxygen atoms in total. The number of nitrogens with one attached hydrogen (secondary N) is 1. The van der Waals surface area contributed by atoms with Crippen molar-refractivity contribution < 1.29 is 14.3 Å². The van der Waals surface area contributed by atoms with Gasteiger partial charge in [0.25, 0.3) is 5.91 Å². The van der Waals surface area contributed by atoms with E-state index in [2.05, 4.69) is 43.2 Å². The summed E-state index contributed by atoms with van der Waals surface area (Å²) in [5.74, 6) is -0.187. The number of amides is 1. The standard InChI is InChI=1S/C26H26Cl2N8O3/c1-35-5-7-36(8-6-35)4-3-9-39-23-12-21-17(10-18(23)26(37)33-34-30)25(16(14-29)15-31-21)32-22-13-24(38-2)20(28)11-19(22)27/h10-13,15H,3-9H2,1-2H3,(H,31,32). The summed E-state index contributed by atoms with van der Waals surface area (Å²) in [5, 5.41) is 17.2. The third-order valence-corrected chi connectivity index (χ3v) is 7.04. The van der Waals surface area contributed by atoms with E-state index >= 15 is 0 Å². The number of anilines is 2. The topological polar surface area (TPSA) is 139 Å². The summed E-state index contributed by atoms with van der Waals surface area (Å²) in [4.78, 5) is 24.4. The van der Waals surface area contributed by atoms with E-state index in [4.69, 9.17) is 38.2 Å². The van der Waals surface area contributed by atoms with Crippen LogP contribution in [0, 0.1) is 11.3 Å². The lowest BCUT2D eigenvalue weighted by molar-refractivity contribution is 0.0996. The number of aromatic nitrogens is 1. The predicted octanol–water partition coefficient (Wildman–Crippen LogP) is 5.63. The lowest BCUT2D eigenvalue weighted by Crippen LogP contribution is -2.44. The minimum absolute atomic E-state index is 0.0552. The number of methoxy groups -OCH3 is 1. The highest BCUT2D eigenvalue weighted by Crippen LogP contribution is 2.39. The summed E-state index contributed by atoms with van der Waals surface area (Å²) in [5.41, 5.74) is 10.4. The number of nitriles is 1. The molecule has 0 saturated carbocycles. The maximum Gasteiger partial charge on any atom is 0.252 e. The highest BCUT2D eigenvalue weighted by atomic mass is 35.5. The summed E-state index contributed by atoms with van der Waals surface area (Å²) in [6, 6.07) is 8.32. The first kappa shape index (κ1) is 28.2. The zero-order valence-corrected chi connectivity index (χ0v) is 23.0.